The van der Waals surface area contributed by atoms with Crippen molar-refractivity contribution in [2.24, 2.45) is 0 Å². The monoisotopic (exact) mass is 420 g/mol. The molecule has 1 atom stereocenters. The van der Waals surface area contributed by atoms with Crippen molar-refractivity contribution in [3.63, 3.8) is 0 Å². The lowest BCUT2D eigenvalue weighted by Gasteiger charge is -2.22. The first kappa shape index (κ1) is 21.2. The number of unbranched alkanes of at least 4 members (excludes halogenated alkanes) is 5. The molecule has 0 radical (unpaired) electrons. The van der Waals surface area contributed by atoms with Crippen molar-refractivity contribution in [1.82, 2.24) is 5.32 Å². The number of para-hydroxylation sites is 1. The predicted octanol–water partition coefficient (Wildman–Crippen LogP) is 5.52. The van der Waals surface area contributed by atoms with Crippen molar-refractivity contribution in [3.8, 4) is 0 Å². The molecule has 0 saturated heterocycles. The molecular formula is C22H29ClN2O2S. The van der Waals surface area contributed by atoms with Gasteiger partial charge in [0.1, 0.15) is 0 Å². The summed E-state index contributed by atoms with van der Waals surface area (Å²) in [5, 5.41) is 4.04. The molecule has 1 aliphatic rings. The highest BCUT2D eigenvalue weighted by Crippen LogP contribution is 2.40. The molecule has 3 rings (SSSR count). The largest absolute Gasteiger partial charge is 0.306 e. The van der Waals surface area contributed by atoms with E-state index in [0.29, 0.717) is 10.7 Å². The van der Waals surface area contributed by atoms with Crippen LogP contribution in [0, 0.1) is 0 Å². The maximum atomic E-state index is 13.2. The average Bonchev–Trinajstić information content (AvgIpc) is 2.75. The lowest BCUT2D eigenvalue weighted by molar-refractivity contribution is 0.539. The SMILES string of the molecule is CCCCCCCCNC1c2ccccc2N(C)S(=O)(=O)c2cc(Cl)ccc21. The zero-order chi connectivity index (χ0) is 20.1. The van der Waals surface area contributed by atoms with E-state index >= 15 is 0 Å². The Hall–Kier alpha value is -1.56. The number of hydrogen-bond acceptors (Lipinski definition) is 3. The van der Waals surface area contributed by atoms with Gasteiger partial charge in [0.2, 0.25) is 0 Å². The molecule has 28 heavy (non-hydrogen) atoms. The Morgan fingerprint density at radius 2 is 1.71 bits per heavy atom. The summed E-state index contributed by atoms with van der Waals surface area (Å²) in [7, 11) is -2.06. The fourth-order valence-electron chi connectivity index (χ4n) is 3.80. The second-order valence-electron chi connectivity index (χ2n) is 7.37. The van der Waals surface area contributed by atoms with Crippen LogP contribution in [0.25, 0.3) is 0 Å². The van der Waals surface area contributed by atoms with E-state index in [2.05, 4.69) is 12.2 Å². The molecule has 4 nitrogen and oxygen atoms in total. The van der Waals surface area contributed by atoms with Gasteiger partial charge >= 0.3 is 0 Å². The number of sulfonamides is 1. The Kier molecular flexibility index (Phi) is 7.02. The van der Waals surface area contributed by atoms with Crippen LogP contribution in [0.1, 0.15) is 62.6 Å². The minimum atomic E-state index is -3.66. The van der Waals surface area contributed by atoms with Gasteiger partial charge in [-0.1, -0.05) is 74.9 Å². The number of rotatable bonds is 8. The highest BCUT2D eigenvalue weighted by atomic mass is 35.5. The molecule has 1 unspecified atom stereocenters. The van der Waals surface area contributed by atoms with Crippen LogP contribution in [-0.2, 0) is 10.0 Å². The highest BCUT2D eigenvalue weighted by Gasteiger charge is 2.34. The fourth-order valence-corrected chi connectivity index (χ4v) is 5.52. The Balaban J connectivity index is 1.90. The Bertz CT molecular complexity index is 915. The van der Waals surface area contributed by atoms with Crippen LogP contribution < -0.4 is 9.62 Å². The first-order valence-electron chi connectivity index (χ1n) is 10.1. The van der Waals surface area contributed by atoms with Crippen molar-refractivity contribution < 1.29 is 8.42 Å². The lowest BCUT2D eigenvalue weighted by Crippen LogP contribution is -2.26. The Labute approximate surface area is 174 Å². The summed E-state index contributed by atoms with van der Waals surface area (Å²) in [6.07, 6.45) is 7.34. The average molecular weight is 421 g/mol. The van der Waals surface area contributed by atoms with Crippen LogP contribution in [0.3, 0.4) is 0 Å². The van der Waals surface area contributed by atoms with Crippen molar-refractivity contribution in [2.45, 2.75) is 56.4 Å². The summed E-state index contributed by atoms with van der Waals surface area (Å²) in [5.74, 6) is 0. The van der Waals surface area contributed by atoms with Crippen LogP contribution in [0.5, 0.6) is 0 Å². The van der Waals surface area contributed by atoms with E-state index in [1.54, 1.807) is 19.2 Å². The molecule has 152 valence electrons. The molecule has 0 bridgehead atoms. The van der Waals surface area contributed by atoms with Crippen molar-refractivity contribution in [1.29, 1.82) is 0 Å². The first-order valence-corrected chi connectivity index (χ1v) is 11.9. The number of anilines is 1. The highest BCUT2D eigenvalue weighted by molar-refractivity contribution is 7.92. The summed E-state index contributed by atoms with van der Waals surface area (Å²) in [6, 6.07) is 12.7. The molecule has 0 aromatic heterocycles. The maximum Gasteiger partial charge on any atom is 0.264 e. The van der Waals surface area contributed by atoms with E-state index in [4.69, 9.17) is 11.6 Å². The molecule has 1 aliphatic heterocycles. The normalized spacial score (nSPS) is 17.7. The summed E-state index contributed by atoms with van der Waals surface area (Å²) in [4.78, 5) is 0.277. The maximum absolute atomic E-state index is 13.2. The van der Waals surface area contributed by atoms with Gasteiger partial charge in [0.15, 0.2) is 0 Å². The molecule has 0 fully saturated rings. The van der Waals surface area contributed by atoms with E-state index in [0.717, 1.165) is 24.1 Å². The van der Waals surface area contributed by atoms with E-state index in [-0.39, 0.29) is 10.9 Å². The smallest absolute Gasteiger partial charge is 0.264 e. The molecule has 0 amide bonds. The zero-order valence-electron chi connectivity index (χ0n) is 16.6. The number of hydrogen-bond donors (Lipinski definition) is 1. The third-order valence-electron chi connectivity index (χ3n) is 5.39. The third kappa shape index (κ3) is 4.37. The molecule has 2 aromatic carbocycles. The van der Waals surface area contributed by atoms with Gasteiger partial charge in [-0.3, -0.25) is 4.31 Å². The quantitative estimate of drug-likeness (QED) is 0.572. The summed E-state index contributed by atoms with van der Waals surface area (Å²) in [5.41, 5.74) is 2.43. The number of nitrogens with one attached hydrogen (secondary N) is 1. The number of fused-ring (bicyclic) bond motifs is 2. The standard InChI is InChI=1S/C22H29ClN2O2S/c1-3-4-5-6-7-10-15-24-22-18-11-8-9-12-20(18)25(2)28(26,27)21-16-17(23)13-14-19(21)22/h8-9,11-14,16,22,24H,3-7,10,15H2,1-2H3. The topological polar surface area (TPSA) is 49.4 Å². The molecule has 6 heteroatoms. The van der Waals surface area contributed by atoms with Crippen LogP contribution >= 0.6 is 11.6 Å². The Morgan fingerprint density at radius 3 is 2.50 bits per heavy atom. The van der Waals surface area contributed by atoms with E-state index in [1.807, 2.05) is 30.3 Å². The van der Waals surface area contributed by atoms with E-state index in [9.17, 15) is 8.42 Å². The molecule has 0 saturated carbocycles. The van der Waals surface area contributed by atoms with Gasteiger partial charge in [-0.2, -0.15) is 0 Å². The van der Waals surface area contributed by atoms with E-state index < -0.39 is 10.0 Å². The van der Waals surface area contributed by atoms with Crippen LogP contribution in [0.4, 0.5) is 5.69 Å². The number of halogens is 1. The fraction of sp³-hybridized carbons (Fsp3) is 0.455. The minimum absolute atomic E-state index is 0.182. The zero-order valence-corrected chi connectivity index (χ0v) is 18.2. The second kappa shape index (κ2) is 9.29. The van der Waals surface area contributed by atoms with Crippen LogP contribution in [0.2, 0.25) is 5.02 Å². The summed E-state index contributed by atoms with van der Waals surface area (Å²) >= 11 is 6.15. The van der Waals surface area contributed by atoms with Gasteiger partial charge in [0.25, 0.3) is 10.0 Å². The van der Waals surface area contributed by atoms with Gasteiger partial charge in [-0.25, -0.2) is 8.42 Å². The molecule has 0 spiro atoms. The van der Waals surface area contributed by atoms with Gasteiger partial charge in [0.05, 0.1) is 16.6 Å². The van der Waals surface area contributed by atoms with Crippen molar-refractivity contribution in [2.75, 3.05) is 17.9 Å². The van der Waals surface area contributed by atoms with Gasteiger partial charge < -0.3 is 5.32 Å². The van der Waals surface area contributed by atoms with Gasteiger partial charge in [-0.05, 0) is 42.3 Å². The van der Waals surface area contributed by atoms with Crippen molar-refractivity contribution >= 4 is 27.3 Å². The molecule has 1 N–H and O–H groups in total. The number of benzene rings is 2. The van der Waals surface area contributed by atoms with Gasteiger partial charge in [0, 0.05) is 12.1 Å². The van der Waals surface area contributed by atoms with Crippen LogP contribution in [0.15, 0.2) is 47.4 Å². The summed E-state index contributed by atoms with van der Waals surface area (Å²) in [6.45, 7) is 3.07. The van der Waals surface area contributed by atoms with E-state index in [1.165, 1.54) is 36.4 Å². The Morgan fingerprint density at radius 1 is 1.00 bits per heavy atom. The van der Waals surface area contributed by atoms with Gasteiger partial charge in [-0.15, -0.1) is 0 Å². The molecule has 0 aliphatic carbocycles. The molecular weight excluding hydrogens is 392 g/mol. The lowest BCUT2D eigenvalue weighted by atomic mass is 9.96. The predicted molar refractivity (Wildman–Crippen MR) is 117 cm³/mol. The summed E-state index contributed by atoms with van der Waals surface area (Å²) < 4.78 is 27.8. The molecule has 2 aromatic rings. The minimum Gasteiger partial charge on any atom is -0.306 e. The first-order chi connectivity index (χ1) is 13.5. The van der Waals surface area contributed by atoms with Crippen molar-refractivity contribution in [3.05, 3.63) is 58.6 Å². The van der Waals surface area contributed by atoms with Crippen LogP contribution in [-0.4, -0.2) is 22.0 Å². The third-order valence-corrected chi connectivity index (χ3v) is 7.45. The molecule has 1 heterocycles. The second-order valence-corrected chi connectivity index (χ2v) is 9.74. The number of nitrogens with zero attached hydrogens (tertiary/aromatic N) is 1.